The van der Waals surface area contributed by atoms with Crippen LogP contribution in [0.5, 0.6) is 0 Å². The van der Waals surface area contributed by atoms with Crippen LogP contribution < -0.4 is 10.9 Å². The molecule has 132 valence electrons. The predicted octanol–water partition coefficient (Wildman–Crippen LogP) is 1.04. The van der Waals surface area contributed by atoms with Gasteiger partial charge < -0.3 is 5.32 Å². The zero-order valence-electron chi connectivity index (χ0n) is 14.2. The van der Waals surface area contributed by atoms with Gasteiger partial charge in [-0.25, -0.2) is 19.9 Å². The van der Waals surface area contributed by atoms with E-state index in [2.05, 4.69) is 25.3 Å². The van der Waals surface area contributed by atoms with Gasteiger partial charge in [0.2, 0.25) is 11.9 Å². The molecule has 1 saturated carbocycles. The third kappa shape index (κ3) is 3.37. The zero-order chi connectivity index (χ0) is 18.1. The molecule has 3 heterocycles. The standard InChI is InChI=1S/C17H17N7O2/c1-11-18-4-5-24(11)17-19-7-13(8-20-17)22-15(25)9-23-10-21-14(6-16(23)26)12-2-3-12/h4-8,10,12H,2-3,9H2,1H3,(H,22,25). The maximum absolute atomic E-state index is 12.2. The van der Waals surface area contributed by atoms with Crippen molar-refractivity contribution in [3.8, 4) is 5.95 Å². The van der Waals surface area contributed by atoms with Gasteiger partial charge in [-0.05, 0) is 19.8 Å². The monoisotopic (exact) mass is 351 g/mol. The Kier molecular flexibility index (Phi) is 4.04. The molecule has 9 nitrogen and oxygen atoms in total. The average molecular weight is 351 g/mol. The van der Waals surface area contributed by atoms with Crippen LogP contribution >= 0.6 is 0 Å². The fraction of sp³-hybridized carbons (Fsp3) is 0.294. The van der Waals surface area contributed by atoms with Gasteiger partial charge in [0.15, 0.2) is 0 Å². The van der Waals surface area contributed by atoms with Gasteiger partial charge in [-0.15, -0.1) is 0 Å². The van der Waals surface area contributed by atoms with E-state index in [4.69, 9.17) is 0 Å². The van der Waals surface area contributed by atoms with Gasteiger partial charge in [0, 0.05) is 24.4 Å². The second kappa shape index (κ2) is 6.51. The summed E-state index contributed by atoms with van der Waals surface area (Å²) in [5.41, 5.74) is 1.04. The van der Waals surface area contributed by atoms with E-state index < -0.39 is 0 Å². The van der Waals surface area contributed by atoms with Crippen molar-refractivity contribution in [1.82, 2.24) is 29.1 Å². The average Bonchev–Trinajstić information content (AvgIpc) is 3.39. The van der Waals surface area contributed by atoms with Gasteiger partial charge >= 0.3 is 0 Å². The molecule has 0 bridgehead atoms. The molecular formula is C17H17N7O2. The normalized spacial score (nSPS) is 13.6. The molecule has 3 aromatic rings. The number of hydrogen-bond acceptors (Lipinski definition) is 6. The molecule has 0 atom stereocenters. The third-order valence-corrected chi connectivity index (χ3v) is 4.17. The Labute approximate surface area is 148 Å². The SMILES string of the molecule is Cc1nccn1-c1ncc(NC(=O)Cn2cnc(C3CC3)cc2=O)cn1. The minimum Gasteiger partial charge on any atom is -0.322 e. The first kappa shape index (κ1) is 16.1. The molecule has 0 aliphatic heterocycles. The summed E-state index contributed by atoms with van der Waals surface area (Å²) in [6, 6.07) is 1.51. The molecule has 0 spiro atoms. The van der Waals surface area contributed by atoms with Crippen LogP contribution in [0.15, 0.2) is 42.0 Å². The molecule has 26 heavy (non-hydrogen) atoms. The Morgan fingerprint density at radius 2 is 2.00 bits per heavy atom. The highest BCUT2D eigenvalue weighted by atomic mass is 16.2. The topological polar surface area (TPSA) is 108 Å². The summed E-state index contributed by atoms with van der Waals surface area (Å²) in [7, 11) is 0. The van der Waals surface area contributed by atoms with E-state index in [-0.39, 0.29) is 18.0 Å². The summed E-state index contributed by atoms with van der Waals surface area (Å²) in [5, 5.41) is 2.68. The highest BCUT2D eigenvalue weighted by Crippen LogP contribution is 2.38. The number of carbonyl (C=O) groups is 1. The van der Waals surface area contributed by atoms with E-state index in [9.17, 15) is 9.59 Å². The largest absolute Gasteiger partial charge is 0.322 e. The van der Waals surface area contributed by atoms with Crippen LogP contribution in [0.2, 0.25) is 0 Å². The highest BCUT2D eigenvalue weighted by molar-refractivity contribution is 5.90. The van der Waals surface area contributed by atoms with Crippen molar-refractivity contribution in [3.63, 3.8) is 0 Å². The minimum absolute atomic E-state index is 0.112. The smallest absolute Gasteiger partial charge is 0.254 e. The number of nitrogens with zero attached hydrogens (tertiary/aromatic N) is 6. The van der Waals surface area contributed by atoms with E-state index >= 15 is 0 Å². The first-order valence-electron chi connectivity index (χ1n) is 8.29. The number of aryl methyl sites for hydroxylation is 1. The predicted molar refractivity (Wildman–Crippen MR) is 93.0 cm³/mol. The van der Waals surface area contributed by atoms with Crippen LogP contribution in [0, 0.1) is 6.92 Å². The first-order chi connectivity index (χ1) is 12.6. The van der Waals surface area contributed by atoms with E-state index in [1.807, 2.05) is 6.92 Å². The molecule has 1 aliphatic carbocycles. The lowest BCUT2D eigenvalue weighted by molar-refractivity contribution is -0.116. The van der Waals surface area contributed by atoms with Gasteiger partial charge in [-0.2, -0.15) is 0 Å². The first-order valence-corrected chi connectivity index (χ1v) is 8.29. The van der Waals surface area contributed by atoms with Crippen molar-refractivity contribution in [2.45, 2.75) is 32.2 Å². The molecule has 3 aromatic heterocycles. The number of nitrogens with one attached hydrogen (secondary N) is 1. The summed E-state index contributed by atoms with van der Waals surface area (Å²) < 4.78 is 3.02. The van der Waals surface area contributed by atoms with E-state index in [1.54, 1.807) is 17.0 Å². The van der Waals surface area contributed by atoms with Gasteiger partial charge in [0.05, 0.1) is 30.1 Å². The van der Waals surface area contributed by atoms with Crippen LogP contribution in [-0.2, 0) is 11.3 Å². The lowest BCUT2D eigenvalue weighted by Gasteiger charge is -2.08. The van der Waals surface area contributed by atoms with Gasteiger partial charge in [-0.3, -0.25) is 18.7 Å². The molecule has 1 aliphatic rings. The van der Waals surface area contributed by atoms with Crippen molar-refractivity contribution < 1.29 is 4.79 Å². The van der Waals surface area contributed by atoms with Crippen LogP contribution in [0.3, 0.4) is 0 Å². The van der Waals surface area contributed by atoms with Gasteiger partial charge in [0.1, 0.15) is 12.4 Å². The Morgan fingerprint density at radius 3 is 2.62 bits per heavy atom. The quantitative estimate of drug-likeness (QED) is 0.736. The summed E-state index contributed by atoms with van der Waals surface area (Å²) in [6.07, 6.45) is 10.0. The number of carbonyl (C=O) groups excluding carboxylic acids is 1. The highest BCUT2D eigenvalue weighted by Gasteiger charge is 2.25. The van der Waals surface area contributed by atoms with Crippen molar-refractivity contribution in [2.24, 2.45) is 0 Å². The van der Waals surface area contributed by atoms with Crippen LogP contribution in [0.4, 0.5) is 5.69 Å². The van der Waals surface area contributed by atoms with Crippen molar-refractivity contribution in [1.29, 1.82) is 0 Å². The maximum atomic E-state index is 12.2. The molecule has 4 rings (SSSR count). The number of aromatic nitrogens is 6. The fourth-order valence-corrected chi connectivity index (χ4v) is 2.62. The second-order valence-electron chi connectivity index (χ2n) is 6.22. The molecule has 1 fully saturated rings. The second-order valence-corrected chi connectivity index (χ2v) is 6.22. The van der Waals surface area contributed by atoms with E-state index in [0.29, 0.717) is 17.6 Å². The van der Waals surface area contributed by atoms with E-state index in [1.165, 1.54) is 29.4 Å². The van der Waals surface area contributed by atoms with Crippen molar-refractivity contribution >= 4 is 11.6 Å². The molecule has 0 unspecified atom stereocenters. The number of amides is 1. The van der Waals surface area contributed by atoms with Crippen LogP contribution in [0.25, 0.3) is 5.95 Å². The van der Waals surface area contributed by atoms with E-state index in [0.717, 1.165) is 24.4 Å². The van der Waals surface area contributed by atoms with Crippen LogP contribution in [-0.4, -0.2) is 35.0 Å². The van der Waals surface area contributed by atoms with Crippen molar-refractivity contribution in [3.05, 3.63) is 59.1 Å². The fourth-order valence-electron chi connectivity index (χ4n) is 2.62. The maximum Gasteiger partial charge on any atom is 0.254 e. The summed E-state index contributed by atoms with van der Waals surface area (Å²) in [5.74, 6) is 1.29. The Balaban J connectivity index is 1.42. The Hall–Kier alpha value is -3.36. The number of anilines is 1. The molecule has 1 amide bonds. The summed E-state index contributed by atoms with van der Waals surface area (Å²) in [6.45, 7) is 1.73. The molecular weight excluding hydrogens is 334 g/mol. The summed E-state index contributed by atoms with van der Waals surface area (Å²) in [4.78, 5) is 41.0. The Bertz CT molecular complexity index is 1000. The Morgan fingerprint density at radius 1 is 1.23 bits per heavy atom. The van der Waals surface area contributed by atoms with Gasteiger partial charge in [0.25, 0.3) is 5.56 Å². The number of imidazole rings is 1. The molecule has 0 saturated heterocycles. The number of rotatable bonds is 5. The van der Waals surface area contributed by atoms with Gasteiger partial charge in [-0.1, -0.05) is 0 Å². The molecule has 9 heteroatoms. The number of hydrogen-bond donors (Lipinski definition) is 1. The zero-order valence-corrected chi connectivity index (χ0v) is 14.2. The summed E-state index contributed by atoms with van der Waals surface area (Å²) >= 11 is 0. The molecule has 0 aromatic carbocycles. The molecule has 0 radical (unpaired) electrons. The lowest BCUT2D eigenvalue weighted by Crippen LogP contribution is -2.28. The third-order valence-electron chi connectivity index (χ3n) is 4.17. The molecule has 1 N–H and O–H groups in total. The minimum atomic E-state index is -0.344. The van der Waals surface area contributed by atoms with Crippen LogP contribution in [0.1, 0.15) is 30.3 Å². The lowest BCUT2D eigenvalue weighted by atomic mass is 10.3. The van der Waals surface area contributed by atoms with Crippen molar-refractivity contribution in [2.75, 3.05) is 5.32 Å².